The quantitative estimate of drug-likeness (QED) is 0.740. The van der Waals surface area contributed by atoms with Crippen molar-refractivity contribution in [2.24, 2.45) is 0 Å². The molecule has 1 rings (SSSR count). The largest absolute Gasteiger partial charge is 0.383 e. The van der Waals surface area contributed by atoms with Gasteiger partial charge in [-0.1, -0.05) is 28.1 Å². The Bertz CT molecular complexity index is 531. The molecule has 1 atom stereocenters. The van der Waals surface area contributed by atoms with Crippen molar-refractivity contribution in [3.63, 3.8) is 0 Å². The molecule has 0 spiro atoms. The maximum Gasteiger partial charge on any atom is 0.243 e. The summed E-state index contributed by atoms with van der Waals surface area (Å²) in [5.74, 6) is 0. The SMILES string of the molecule is COCC(Br)CN(C)S(=O)(=O)c1cc(C)ccc1C. The number of halogens is 1. The van der Waals surface area contributed by atoms with Crippen LogP contribution in [0, 0.1) is 13.8 Å². The smallest absolute Gasteiger partial charge is 0.243 e. The second-order valence-corrected chi connectivity index (χ2v) is 7.92. The molecule has 4 nitrogen and oxygen atoms in total. The van der Waals surface area contributed by atoms with E-state index in [0.29, 0.717) is 18.0 Å². The van der Waals surface area contributed by atoms with E-state index in [9.17, 15) is 8.42 Å². The van der Waals surface area contributed by atoms with Gasteiger partial charge in [0.1, 0.15) is 0 Å². The predicted molar refractivity (Wildman–Crippen MR) is 80.3 cm³/mol. The third-order valence-electron chi connectivity index (χ3n) is 2.83. The molecule has 0 bridgehead atoms. The summed E-state index contributed by atoms with van der Waals surface area (Å²) in [4.78, 5) is 0.342. The fourth-order valence-corrected chi connectivity index (χ4v) is 4.18. The molecule has 0 saturated carbocycles. The highest BCUT2D eigenvalue weighted by atomic mass is 79.9. The molecule has 0 aromatic heterocycles. The van der Waals surface area contributed by atoms with Gasteiger partial charge in [0.15, 0.2) is 0 Å². The lowest BCUT2D eigenvalue weighted by molar-refractivity contribution is 0.195. The predicted octanol–water partition coefficient (Wildman–Crippen LogP) is 2.33. The van der Waals surface area contributed by atoms with Gasteiger partial charge in [0.2, 0.25) is 10.0 Å². The number of hydrogen-bond donors (Lipinski definition) is 0. The molecule has 0 fully saturated rings. The van der Waals surface area contributed by atoms with Gasteiger partial charge in [-0.05, 0) is 31.0 Å². The van der Waals surface area contributed by atoms with E-state index >= 15 is 0 Å². The molecule has 0 aliphatic carbocycles. The fraction of sp³-hybridized carbons (Fsp3) is 0.538. The van der Waals surface area contributed by atoms with E-state index in [0.717, 1.165) is 11.1 Å². The van der Waals surface area contributed by atoms with Crippen LogP contribution in [0.3, 0.4) is 0 Å². The Hall–Kier alpha value is -0.430. The van der Waals surface area contributed by atoms with Gasteiger partial charge in [0, 0.05) is 20.7 Å². The summed E-state index contributed by atoms with van der Waals surface area (Å²) in [7, 11) is -0.283. The molecule has 0 saturated heterocycles. The van der Waals surface area contributed by atoms with Gasteiger partial charge < -0.3 is 4.74 Å². The molecule has 0 heterocycles. The van der Waals surface area contributed by atoms with Crippen molar-refractivity contribution in [1.29, 1.82) is 0 Å². The maximum absolute atomic E-state index is 12.5. The van der Waals surface area contributed by atoms with Crippen LogP contribution in [-0.4, -0.2) is 44.9 Å². The van der Waals surface area contributed by atoms with E-state index in [2.05, 4.69) is 15.9 Å². The molecule has 0 aliphatic rings. The van der Waals surface area contributed by atoms with E-state index < -0.39 is 10.0 Å². The second-order valence-electron chi connectivity index (χ2n) is 4.61. The minimum Gasteiger partial charge on any atom is -0.383 e. The molecule has 0 N–H and O–H groups in total. The summed E-state index contributed by atoms with van der Waals surface area (Å²) in [5, 5.41) is 0. The van der Waals surface area contributed by atoms with Crippen LogP contribution in [0.1, 0.15) is 11.1 Å². The molecule has 108 valence electrons. The molecule has 0 radical (unpaired) electrons. The lowest BCUT2D eigenvalue weighted by atomic mass is 10.2. The van der Waals surface area contributed by atoms with Gasteiger partial charge in [-0.3, -0.25) is 0 Å². The highest BCUT2D eigenvalue weighted by Crippen LogP contribution is 2.21. The summed E-state index contributed by atoms with van der Waals surface area (Å²) in [6.45, 7) is 4.52. The molecular weight excluding hydrogens is 330 g/mol. The normalized spacial score (nSPS) is 13.8. The lowest BCUT2D eigenvalue weighted by Gasteiger charge is -2.21. The number of hydrogen-bond acceptors (Lipinski definition) is 3. The van der Waals surface area contributed by atoms with Crippen LogP contribution in [0.15, 0.2) is 23.1 Å². The van der Waals surface area contributed by atoms with Gasteiger partial charge in [0.05, 0.1) is 16.3 Å². The third kappa shape index (κ3) is 4.27. The minimum absolute atomic E-state index is 0.0256. The molecule has 6 heteroatoms. The van der Waals surface area contributed by atoms with Crippen molar-refractivity contribution in [3.8, 4) is 0 Å². The average molecular weight is 350 g/mol. The van der Waals surface area contributed by atoms with E-state index in [4.69, 9.17) is 4.74 Å². The van der Waals surface area contributed by atoms with Crippen molar-refractivity contribution in [2.75, 3.05) is 27.3 Å². The first kappa shape index (κ1) is 16.6. The number of aryl methyl sites for hydroxylation is 2. The fourth-order valence-electron chi connectivity index (χ4n) is 1.76. The number of benzene rings is 1. The van der Waals surface area contributed by atoms with Crippen LogP contribution in [0.4, 0.5) is 0 Å². The monoisotopic (exact) mass is 349 g/mol. The van der Waals surface area contributed by atoms with Gasteiger partial charge in [-0.2, -0.15) is 4.31 Å². The van der Waals surface area contributed by atoms with Crippen molar-refractivity contribution in [3.05, 3.63) is 29.3 Å². The molecule has 1 aromatic carbocycles. The van der Waals surface area contributed by atoms with E-state index in [-0.39, 0.29) is 4.83 Å². The van der Waals surface area contributed by atoms with E-state index in [1.165, 1.54) is 4.31 Å². The van der Waals surface area contributed by atoms with Crippen LogP contribution in [-0.2, 0) is 14.8 Å². The Morgan fingerprint density at radius 2 is 2.00 bits per heavy atom. The van der Waals surface area contributed by atoms with Crippen molar-refractivity contribution >= 4 is 26.0 Å². The average Bonchev–Trinajstić information content (AvgIpc) is 2.32. The zero-order valence-corrected chi connectivity index (χ0v) is 14.1. The Balaban J connectivity index is 3.00. The summed E-state index contributed by atoms with van der Waals surface area (Å²) >= 11 is 3.41. The van der Waals surface area contributed by atoms with Crippen molar-refractivity contribution < 1.29 is 13.2 Å². The number of alkyl halides is 1. The topological polar surface area (TPSA) is 46.6 Å². The highest BCUT2D eigenvalue weighted by molar-refractivity contribution is 9.09. The van der Waals surface area contributed by atoms with Gasteiger partial charge in [-0.25, -0.2) is 8.42 Å². The Morgan fingerprint density at radius 3 is 2.58 bits per heavy atom. The highest BCUT2D eigenvalue weighted by Gasteiger charge is 2.24. The third-order valence-corrected chi connectivity index (χ3v) is 5.35. The molecular formula is C13H20BrNO3S. The Kier molecular flexibility index (Phi) is 5.98. The zero-order valence-electron chi connectivity index (χ0n) is 11.7. The maximum atomic E-state index is 12.5. The number of sulfonamides is 1. The minimum atomic E-state index is -3.46. The van der Waals surface area contributed by atoms with Gasteiger partial charge >= 0.3 is 0 Å². The number of rotatable bonds is 6. The molecule has 19 heavy (non-hydrogen) atoms. The number of ether oxygens (including phenoxy) is 1. The first-order chi connectivity index (χ1) is 8.78. The number of nitrogens with zero attached hydrogens (tertiary/aromatic N) is 1. The number of methoxy groups -OCH3 is 1. The van der Waals surface area contributed by atoms with Gasteiger partial charge in [0.25, 0.3) is 0 Å². The van der Waals surface area contributed by atoms with Crippen LogP contribution in [0.2, 0.25) is 0 Å². The van der Waals surface area contributed by atoms with Gasteiger partial charge in [-0.15, -0.1) is 0 Å². The van der Waals surface area contributed by atoms with E-state index in [1.54, 1.807) is 27.1 Å². The van der Waals surface area contributed by atoms with Crippen LogP contribution < -0.4 is 0 Å². The second kappa shape index (κ2) is 6.83. The first-order valence-electron chi connectivity index (χ1n) is 5.95. The van der Waals surface area contributed by atoms with Crippen LogP contribution >= 0.6 is 15.9 Å². The lowest BCUT2D eigenvalue weighted by Crippen LogP contribution is -2.34. The van der Waals surface area contributed by atoms with Crippen molar-refractivity contribution in [2.45, 2.75) is 23.6 Å². The van der Waals surface area contributed by atoms with Crippen LogP contribution in [0.5, 0.6) is 0 Å². The zero-order chi connectivity index (χ0) is 14.6. The van der Waals surface area contributed by atoms with E-state index in [1.807, 2.05) is 19.1 Å². The summed E-state index contributed by atoms with van der Waals surface area (Å²) in [6.07, 6.45) is 0. The molecule has 1 aromatic rings. The van der Waals surface area contributed by atoms with Crippen molar-refractivity contribution in [1.82, 2.24) is 4.31 Å². The molecule has 1 unspecified atom stereocenters. The Labute approximate surface area is 123 Å². The molecule has 0 aliphatic heterocycles. The molecule has 0 amide bonds. The summed E-state index contributed by atoms with van der Waals surface area (Å²) in [6, 6.07) is 5.45. The summed E-state index contributed by atoms with van der Waals surface area (Å²) < 4.78 is 31.4. The Morgan fingerprint density at radius 1 is 1.37 bits per heavy atom. The standard InChI is InChI=1S/C13H20BrNO3S/c1-10-5-6-11(2)13(7-10)19(16,17)15(3)8-12(14)9-18-4/h5-7,12H,8-9H2,1-4H3. The first-order valence-corrected chi connectivity index (χ1v) is 8.31. The summed E-state index contributed by atoms with van der Waals surface area (Å²) in [5.41, 5.74) is 1.69. The van der Waals surface area contributed by atoms with Crippen LogP contribution in [0.25, 0.3) is 0 Å².